The fourth-order valence-corrected chi connectivity index (χ4v) is 4.95. The van der Waals surface area contributed by atoms with E-state index in [0.717, 1.165) is 44.6 Å². The lowest BCUT2D eigenvalue weighted by Crippen LogP contribution is -2.46. The summed E-state index contributed by atoms with van der Waals surface area (Å²) in [5, 5.41) is 5.93. The number of allylic oxidation sites excluding steroid dienone is 2. The molecule has 0 saturated carbocycles. The number of hydrogen-bond donors (Lipinski definition) is 2. The molecule has 40 heavy (non-hydrogen) atoms. The summed E-state index contributed by atoms with van der Waals surface area (Å²) >= 11 is 0. The summed E-state index contributed by atoms with van der Waals surface area (Å²) in [6.45, 7) is 15.1. The summed E-state index contributed by atoms with van der Waals surface area (Å²) in [5.74, 6) is 0.410. The van der Waals surface area contributed by atoms with E-state index >= 15 is 0 Å². The van der Waals surface area contributed by atoms with Crippen LogP contribution in [0.1, 0.15) is 86.5 Å². The molecule has 3 aliphatic rings. The van der Waals surface area contributed by atoms with E-state index in [1.165, 1.54) is 37.3 Å². The molecule has 2 N–H and O–H groups in total. The molecule has 1 aliphatic carbocycles. The van der Waals surface area contributed by atoms with E-state index in [2.05, 4.69) is 66.8 Å². The van der Waals surface area contributed by atoms with Crippen LogP contribution in [0.25, 0.3) is 0 Å². The van der Waals surface area contributed by atoms with Gasteiger partial charge in [0.1, 0.15) is 0 Å². The Labute approximate surface area is 244 Å². The minimum Gasteiger partial charge on any atom is -0.346 e. The number of ketones is 1. The van der Waals surface area contributed by atoms with Crippen molar-refractivity contribution in [2.75, 3.05) is 40.3 Å². The maximum absolute atomic E-state index is 12.2. The molecule has 7 nitrogen and oxygen atoms in total. The van der Waals surface area contributed by atoms with Gasteiger partial charge < -0.3 is 20.4 Å². The highest BCUT2D eigenvalue weighted by molar-refractivity contribution is 5.87. The van der Waals surface area contributed by atoms with Gasteiger partial charge in [-0.15, -0.1) is 0 Å². The highest BCUT2D eigenvalue weighted by Crippen LogP contribution is 2.23. The van der Waals surface area contributed by atoms with Gasteiger partial charge in [-0.25, -0.2) is 0 Å². The molecule has 7 heteroatoms. The van der Waals surface area contributed by atoms with Crippen LogP contribution in [0.4, 0.5) is 0 Å². The number of rotatable bonds is 9. The number of Topliss-reactive ketones (excluding diaryl/α,β-unsaturated/α-hetero) is 1. The maximum Gasteiger partial charge on any atom is 0.227 e. The molecule has 0 aromatic rings. The van der Waals surface area contributed by atoms with Crippen molar-refractivity contribution in [1.29, 1.82) is 0 Å². The van der Waals surface area contributed by atoms with Crippen molar-refractivity contribution in [2.45, 2.75) is 98.6 Å². The van der Waals surface area contributed by atoms with Gasteiger partial charge >= 0.3 is 0 Å². The molecule has 1 saturated heterocycles. The lowest BCUT2D eigenvalue weighted by molar-refractivity contribution is -0.129. The van der Waals surface area contributed by atoms with Gasteiger partial charge in [-0.05, 0) is 70.8 Å². The normalized spacial score (nSPS) is 19.7. The fraction of sp³-hybridized carbons (Fsp3) is 0.667. The molecule has 2 unspecified atom stereocenters. The van der Waals surface area contributed by atoms with Gasteiger partial charge in [0.2, 0.25) is 11.8 Å². The van der Waals surface area contributed by atoms with Gasteiger partial charge in [-0.2, -0.15) is 0 Å². The first kappa shape index (κ1) is 35.5. The van der Waals surface area contributed by atoms with Gasteiger partial charge in [0.15, 0.2) is 5.78 Å². The number of amides is 2. The molecule has 0 aromatic carbocycles. The number of hydrogen-bond acceptors (Lipinski definition) is 5. The molecule has 2 amide bonds. The standard InChI is InChI=1S/C16H22N2O.C14H26N2O2.C3H8/c1-13(8-9-17-2)10-16(19)18-11-14-6-4-3-5-7-15(14)12-18;1-10(2)14(11(3)17)15-13(18)9-12-7-5-6-8-16(12)4;1-3-2/h4-8,17H,3,9-12H2,1-2H3;10,12,14H,5-9H2,1-4H3,(H,15,18);3H2,1-2H3/b13-8+;;. The topological polar surface area (TPSA) is 81.8 Å². The van der Waals surface area contributed by atoms with Crippen molar-refractivity contribution in [1.82, 2.24) is 20.4 Å². The molecular weight excluding hydrogens is 500 g/mol. The molecule has 2 aliphatic heterocycles. The van der Waals surface area contributed by atoms with Crippen LogP contribution in [-0.2, 0) is 14.4 Å². The highest BCUT2D eigenvalue weighted by Gasteiger charge is 2.26. The third-order valence-electron chi connectivity index (χ3n) is 7.25. The van der Waals surface area contributed by atoms with E-state index in [1.807, 2.05) is 32.7 Å². The summed E-state index contributed by atoms with van der Waals surface area (Å²) in [4.78, 5) is 39.9. The average molecular weight is 557 g/mol. The monoisotopic (exact) mass is 556 g/mol. The first-order valence-corrected chi connectivity index (χ1v) is 15.2. The Morgan fingerprint density at radius 3 is 2.15 bits per heavy atom. The predicted octanol–water partition coefficient (Wildman–Crippen LogP) is 5.20. The third-order valence-corrected chi connectivity index (χ3v) is 7.25. The Balaban J connectivity index is 0.000000365. The molecule has 0 bridgehead atoms. The average Bonchev–Trinajstić information content (AvgIpc) is 3.18. The molecule has 2 heterocycles. The summed E-state index contributed by atoms with van der Waals surface area (Å²) < 4.78 is 0. The minimum atomic E-state index is -0.341. The van der Waals surface area contributed by atoms with Crippen molar-refractivity contribution < 1.29 is 14.4 Å². The highest BCUT2D eigenvalue weighted by atomic mass is 16.2. The molecule has 0 spiro atoms. The zero-order valence-electron chi connectivity index (χ0n) is 26.5. The Morgan fingerprint density at radius 1 is 1.05 bits per heavy atom. The van der Waals surface area contributed by atoms with E-state index in [0.29, 0.717) is 18.9 Å². The quantitative estimate of drug-likeness (QED) is 0.382. The van der Waals surface area contributed by atoms with E-state index in [4.69, 9.17) is 0 Å². The molecule has 1 fully saturated rings. The third kappa shape index (κ3) is 13.2. The number of carbonyl (C=O) groups is 3. The smallest absolute Gasteiger partial charge is 0.227 e. The van der Waals surface area contributed by atoms with Crippen LogP contribution in [0.15, 0.2) is 47.1 Å². The second kappa shape index (κ2) is 19.5. The minimum absolute atomic E-state index is 0.00245. The van der Waals surface area contributed by atoms with Gasteiger partial charge in [0.25, 0.3) is 0 Å². The van der Waals surface area contributed by atoms with E-state index < -0.39 is 0 Å². The van der Waals surface area contributed by atoms with Crippen LogP contribution < -0.4 is 10.6 Å². The Morgan fingerprint density at radius 2 is 1.65 bits per heavy atom. The number of nitrogens with one attached hydrogen (secondary N) is 2. The predicted molar refractivity (Wildman–Crippen MR) is 167 cm³/mol. The molecule has 0 radical (unpaired) electrons. The van der Waals surface area contributed by atoms with Crippen LogP contribution in [0.5, 0.6) is 0 Å². The van der Waals surface area contributed by atoms with Crippen LogP contribution in [0.3, 0.4) is 0 Å². The fourth-order valence-electron chi connectivity index (χ4n) is 4.95. The summed E-state index contributed by atoms with van der Waals surface area (Å²) in [7, 11) is 3.98. The van der Waals surface area contributed by atoms with Gasteiger partial charge in [-0.3, -0.25) is 14.4 Å². The molecular formula is C33H56N4O3. The molecule has 0 aromatic heterocycles. The maximum atomic E-state index is 12.2. The van der Waals surface area contributed by atoms with E-state index in [1.54, 1.807) is 0 Å². The van der Waals surface area contributed by atoms with E-state index in [9.17, 15) is 14.4 Å². The lowest BCUT2D eigenvalue weighted by atomic mass is 9.98. The van der Waals surface area contributed by atoms with Crippen LogP contribution in [-0.4, -0.2) is 79.8 Å². The summed E-state index contributed by atoms with van der Waals surface area (Å²) in [5.41, 5.74) is 3.71. The van der Waals surface area contributed by atoms with Crippen molar-refractivity contribution >= 4 is 17.6 Å². The summed E-state index contributed by atoms with van der Waals surface area (Å²) in [6.07, 6.45) is 17.5. The largest absolute Gasteiger partial charge is 0.346 e. The second-order valence-electron chi connectivity index (χ2n) is 11.6. The van der Waals surface area contributed by atoms with Gasteiger partial charge in [-0.1, -0.05) is 76.5 Å². The number of likely N-dealkylation sites (N-methyl/N-ethyl adjacent to an activating group) is 1. The number of carbonyl (C=O) groups excluding carboxylic acids is 3. The lowest BCUT2D eigenvalue weighted by Gasteiger charge is -2.32. The Hall–Kier alpha value is -2.51. The van der Waals surface area contributed by atoms with Gasteiger partial charge in [0, 0.05) is 38.5 Å². The zero-order chi connectivity index (χ0) is 30.1. The van der Waals surface area contributed by atoms with Crippen LogP contribution >= 0.6 is 0 Å². The van der Waals surface area contributed by atoms with Crippen molar-refractivity contribution in [3.63, 3.8) is 0 Å². The Bertz CT molecular complexity index is 908. The SMILES string of the molecule is CC(=O)C(NC(=O)CC1CCCCN1C)C(C)C.CCC.CNC/C=C(\C)CC(=O)N1CC2=C(C=CCC=C2)C1. The second-order valence-corrected chi connectivity index (χ2v) is 11.6. The zero-order valence-corrected chi connectivity index (χ0v) is 26.5. The first-order chi connectivity index (χ1) is 19.0. The molecule has 2 atom stereocenters. The van der Waals surface area contributed by atoms with E-state index in [-0.39, 0.29) is 29.6 Å². The number of piperidine rings is 1. The van der Waals surface area contributed by atoms with Crippen LogP contribution in [0.2, 0.25) is 0 Å². The van der Waals surface area contributed by atoms with Crippen molar-refractivity contribution in [3.05, 3.63) is 47.1 Å². The molecule has 226 valence electrons. The van der Waals surface area contributed by atoms with Crippen molar-refractivity contribution in [3.8, 4) is 0 Å². The summed E-state index contributed by atoms with van der Waals surface area (Å²) in [6, 6.07) is -0.00934. The van der Waals surface area contributed by atoms with Gasteiger partial charge in [0.05, 0.1) is 6.04 Å². The van der Waals surface area contributed by atoms with Crippen LogP contribution in [0, 0.1) is 5.92 Å². The number of nitrogens with zero attached hydrogens (tertiary/aromatic N) is 2. The number of likely N-dealkylation sites (tertiary alicyclic amines) is 1. The molecule has 3 rings (SSSR count). The first-order valence-electron chi connectivity index (χ1n) is 15.2. The Kier molecular flexibility index (Phi) is 17.4. The van der Waals surface area contributed by atoms with Crippen molar-refractivity contribution in [2.24, 2.45) is 5.92 Å².